The molecule has 2 heterocycles. The number of hydrogen-bond acceptors (Lipinski definition) is 4. The van der Waals surface area contributed by atoms with E-state index >= 15 is 0 Å². The standard InChI is InChI=1S/C19H21ClN4O/c1-2-12-10-21-11-22-17(12)23-13-8-14-16(15(20)9-13)18(25)24-19(14)6-4-3-5-7-19/h8-11H,2-7H2,1H3,(H,24,25)(H,21,22,23). The summed E-state index contributed by atoms with van der Waals surface area (Å²) in [7, 11) is 0. The molecule has 1 fully saturated rings. The lowest BCUT2D eigenvalue weighted by atomic mass is 9.77. The Hall–Kier alpha value is -2.14. The number of anilines is 2. The fourth-order valence-corrected chi connectivity index (χ4v) is 4.36. The van der Waals surface area contributed by atoms with Crippen LogP contribution in [0.2, 0.25) is 5.02 Å². The summed E-state index contributed by atoms with van der Waals surface area (Å²) in [6, 6.07) is 3.87. The number of rotatable bonds is 3. The summed E-state index contributed by atoms with van der Waals surface area (Å²) in [4.78, 5) is 20.9. The van der Waals surface area contributed by atoms with Gasteiger partial charge in [0.05, 0.1) is 16.1 Å². The molecule has 6 heteroatoms. The predicted molar refractivity (Wildman–Crippen MR) is 98.4 cm³/mol. The minimum atomic E-state index is -0.259. The SMILES string of the molecule is CCc1cncnc1Nc1cc(Cl)c2c(c1)C1(CCCCC1)NC2=O. The number of carbonyl (C=O) groups excluding carboxylic acids is 1. The molecule has 0 unspecified atom stereocenters. The van der Waals surface area contributed by atoms with E-state index < -0.39 is 0 Å². The maximum Gasteiger partial charge on any atom is 0.253 e. The number of aromatic nitrogens is 2. The van der Waals surface area contributed by atoms with Gasteiger partial charge in [-0.2, -0.15) is 0 Å². The van der Waals surface area contributed by atoms with E-state index in [-0.39, 0.29) is 11.4 Å². The van der Waals surface area contributed by atoms with Gasteiger partial charge in [-0.1, -0.05) is 37.8 Å². The quantitative estimate of drug-likeness (QED) is 0.858. The monoisotopic (exact) mass is 356 g/mol. The number of halogens is 1. The van der Waals surface area contributed by atoms with Crippen LogP contribution in [0.4, 0.5) is 11.5 Å². The molecular weight excluding hydrogens is 336 g/mol. The van der Waals surface area contributed by atoms with E-state index in [1.165, 1.54) is 12.7 Å². The molecule has 5 nitrogen and oxygen atoms in total. The van der Waals surface area contributed by atoms with Gasteiger partial charge in [0.15, 0.2) is 0 Å². The molecule has 0 radical (unpaired) electrons. The van der Waals surface area contributed by atoms with Crippen LogP contribution in [0, 0.1) is 0 Å². The minimum Gasteiger partial charge on any atom is -0.342 e. The van der Waals surface area contributed by atoms with Gasteiger partial charge in [-0.25, -0.2) is 9.97 Å². The van der Waals surface area contributed by atoms with Crippen LogP contribution in [-0.2, 0) is 12.0 Å². The summed E-state index contributed by atoms with van der Waals surface area (Å²) < 4.78 is 0. The van der Waals surface area contributed by atoms with Gasteiger partial charge in [0.25, 0.3) is 5.91 Å². The highest BCUT2D eigenvalue weighted by Gasteiger charge is 2.44. The molecule has 1 spiro atoms. The van der Waals surface area contributed by atoms with Crippen molar-refractivity contribution in [1.29, 1.82) is 0 Å². The number of fused-ring (bicyclic) bond motifs is 2. The van der Waals surface area contributed by atoms with Crippen LogP contribution in [-0.4, -0.2) is 15.9 Å². The second kappa shape index (κ2) is 6.30. The Kier molecular flexibility index (Phi) is 4.12. The highest BCUT2D eigenvalue weighted by molar-refractivity contribution is 6.34. The normalized spacial score (nSPS) is 18.1. The number of nitrogens with one attached hydrogen (secondary N) is 2. The molecule has 1 aliphatic heterocycles. The van der Waals surface area contributed by atoms with E-state index in [4.69, 9.17) is 11.6 Å². The van der Waals surface area contributed by atoms with Crippen LogP contribution in [0.15, 0.2) is 24.7 Å². The number of aryl methyl sites for hydroxylation is 1. The Morgan fingerprint density at radius 1 is 1.28 bits per heavy atom. The molecule has 130 valence electrons. The summed E-state index contributed by atoms with van der Waals surface area (Å²) in [6.07, 6.45) is 9.60. The highest BCUT2D eigenvalue weighted by atomic mass is 35.5. The van der Waals surface area contributed by atoms with Gasteiger partial charge in [0.1, 0.15) is 12.1 Å². The van der Waals surface area contributed by atoms with Crippen molar-refractivity contribution in [2.24, 2.45) is 0 Å². The maximum absolute atomic E-state index is 12.5. The molecule has 2 aromatic rings. The van der Waals surface area contributed by atoms with Gasteiger partial charge < -0.3 is 10.6 Å². The lowest BCUT2D eigenvalue weighted by Gasteiger charge is -2.34. The van der Waals surface area contributed by atoms with Crippen molar-refractivity contribution in [3.8, 4) is 0 Å². The zero-order valence-electron chi connectivity index (χ0n) is 14.2. The molecule has 2 aliphatic rings. The molecule has 1 aromatic heterocycles. The van der Waals surface area contributed by atoms with E-state index in [0.29, 0.717) is 10.6 Å². The number of benzene rings is 1. The van der Waals surface area contributed by atoms with Gasteiger partial charge in [0.2, 0.25) is 0 Å². The summed E-state index contributed by atoms with van der Waals surface area (Å²) in [5, 5.41) is 7.06. The highest BCUT2D eigenvalue weighted by Crippen LogP contribution is 2.45. The summed E-state index contributed by atoms with van der Waals surface area (Å²) in [5.74, 6) is 0.730. The molecule has 25 heavy (non-hydrogen) atoms. The lowest BCUT2D eigenvalue weighted by molar-refractivity contribution is 0.0909. The Morgan fingerprint density at radius 3 is 2.84 bits per heavy atom. The molecule has 1 saturated carbocycles. The van der Waals surface area contributed by atoms with Gasteiger partial charge in [0, 0.05) is 17.4 Å². The van der Waals surface area contributed by atoms with Gasteiger partial charge in [-0.05, 0) is 37.0 Å². The van der Waals surface area contributed by atoms with Gasteiger partial charge in [-0.15, -0.1) is 0 Å². The second-order valence-corrected chi connectivity index (χ2v) is 7.26. The Morgan fingerprint density at radius 2 is 2.08 bits per heavy atom. The Labute approximate surface area is 152 Å². The lowest BCUT2D eigenvalue weighted by Crippen LogP contribution is -2.40. The molecular formula is C19H21ClN4O. The first kappa shape index (κ1) is 16.3. The van der Waals surface area contributed by atoms with Crippen LogP contribution in [0.3, 0.4) is 0 Å². The zero-order chi connectivity index (χ0) is 17.4. The third-order valence-corrected chi connectivity index (χ3v) is 5.62. The van der Waals surface area contributed by atoms with Crippen LogP contribution < -0.4 is 10.6 Å². The molecule has 0 atom stereocenters. The van der Waals surface area contributed by atoms with Gasteiger partial charge >= 0.3 is 0 Å². The number of nitrogens with zero attached hydrogens (tertiary/aromatic N) is 2. The number of amides is 1. The Bertz CT molecular complexity index is 830. The molecule has 1 amide bonds. The fourth-order valence-electron chi connectivity index (χ4n) is 4.05. The van der Waals surface area contributed by atoms with Crippen molar-refractivity contribution < 1.29 is 4.79 Å². The molecule has 2 N–H and O–H groups in total. The average molecular weight is 357 g/mol. The molecule has 1 aromatic carbocycles. The van der Waals surface area contributed by atoms with Crippen molar-refractivity contribution in [3.63, 3.8) is 0 Å². The summed E-state index contributed by atoms with van der Waals surface area (Å²) >= 11 is 6.48. The fraction of sp³-hybridized carbons (Fsp3) is 0.421. The van der Waals surface area contributed by atoms with E-state index in [9.17, 15) is 4.79 Å². The first-order valence-electron chi connectivity index (χ1n) is 8.85. The molecule has 1 aliphatic carbocycles. The van der Waals surface area contributed by atoms with E-state index in [1.54, 1.807) is 0 Å². The van der Waals surface area contributed by atoms with Crippen LogP contribution >= 0.6 is 11.6 Å². The largest absolute Gasteiger partial charge is 0.342 e. The average Bonchev–Trinajstić information content (AvgIpc) is 2.88. The minimum absolute atomic E-state index is 0.0512. The summed E-state index contributed by atoms with van der Waals surface area (Å²) in [6.45, 7) is 2.07. The van der Waals surface area contributed by atoms with E-state index in [2.05, 4.69) is 33.6 Å². The van der Waals surface area contributed by atoms with Crippen molar-refractivity contribution in [2.45, 2.75) is 51.0 Å². The van der Waals surface area contributed by atoms with Crippen LogP contribution in [0.25, 0.3) is 0 Å². The van der Waals surface area contributed by atoms with Gasteiger partial charge in [-0.3, -0.25) is 4.79 Å². The van der Waals surface area contributed by atoms with Crippen molar-refractivity contribution in [3.05, 3.63) is 46.4 Å². The van der Waals surface area contributed by atoms with E-state index in [1.807, 2.05) is 12.3 Å². The topological polar surface area (TPSA) is 66.9 Å². The first-order chi connectivity index (χ1) is 12.1. The second-order valence-electron chi connectivity index (χ2n) is 6.85. The zero-order valence-corrected chi connectivity index (χ0v) is 15.0. The number of hydrogen-bond donors (Lipinski definition) is 2. The Balaban J connectivity index is 1.76. The predicted octanol–water partition coefficient (Wildman–Crippen LogP) is 4.34. The smallest absolute Gasteiger partial charge is 0.253 e. The number of carbonyl (C=O) groups is 1. The third kappa shape index (κ3) is 2.76. The maximum atomic E-state index is 12.5. The van der Waals surface area contributed by atoms with Crippen molar-refractivity contribution >= 4 is 29.0 Å². The van der Waals surface area contributed by atoms with Crippen molar-refractivity contribution in [1.82, 2.24) is 15.3 Å². The van der Waals surface area contributed by atoms with Crippen LogP contribution in [0.5, 0.6) is 0 Å². The first-order valence-corrected chi connectivity index (χ1v) is 9.23. The van der Waals surface area contributed by atoms with E-state index in [0.717, 1.165) is 54.7 Å². The van der Waals surface area contributed by atoms with Crippen molar-refractivity contribution in [2.75, 3.05) is 5.32 Å². The molecule has 0 bridgehead atoms. The third-order valence-electron chi connectivity index (χ3n) is 5.32. The van der Waals surface area contributed by atoms with Crippen LogP contribution in [0.1, 0.15) is 60.5 Å². The summed E-state index contributed by atoms with van der Waals surface area (Å²) in [5.41, 5.74) is 3.30. The molecule has 4 rings (SSSR count). The molecule has 0 saturated heterocycles.